The summed E-state index contributed by atoms with van der Waals surface area (Å²) in [4.78, 5) is 5.25. The monoisotopic (exact) mass is 248 g/mol. The molecule has 3 nitrogen and oxygen atoms in total. The number of hydrogen-bond donors (Lipinski definition) is 0. The van der Waals surface area contributed by atoms with E-state index >= 15 is 0 Å². The van der Waals surface area contributed by atoms with Gasteiger partial charge < -0.3 is 4.42 Å². The molecule has 3 heterocycles. The van der Waals surface area contributed by atoms with Crippen molar-refractivity contribution in [2.75, 3.05) is 19.6 Å². The van der Waals surface area contributed by atoms with Crippen molar-refractivity contribution >= 4 is 0 Å². The molecule has 0 bridgehead atoms. The smallest absolute Gasteiger partial charge is 0.118 e. The van der Waals surface area contributed by atoms with Gasteiger partial charge in [0.15, 0.2) is 0 Å². The summed E-state index contributed by atoms with van der Waals surface area (Å²) in [6.07, 6.45) is 2.75. The van der Waals surface area contributed by atoms with E-state index in [0.29, 0.717) is 6.04 Å². The van der Waals surface area contributed by atoms with Gasteiger partial charge >= 0.3 is 0 Å². The first-order chi connectivity index (χ1) is 8.63. The van der Waals surface area contributed by atoms with Crippen LogP contribution in [0.5, 0.6) is 0 Å². The molecule has 2 aliphatic heterocycles. The number of piperazine rings is 1. The summed E-state index contributed by atoms with van der Waals surface area (Å²) in [5, 5.41) is 0. The fourth-order valence-corrected chi connectivity index (χ4v) is 3.40. The molecule has 100 valence electrons. The Morgan fingerprint density at radius 3 is 2.89 bits per heavy atom. The minimum atomic E-state index is 0.644. The average Bonchev–Trinajstić information content (AvgIpc) is 2.87. The normalized spacial score (nSPS) is 29.7. The third kappa shape index (κ3) is 2.21. The molecule has 1 aromatic rings. The maximum atomic E-state index is 5.82. The highest BCUT2D eigenvalue weighted by Crippen LogP contribution is 2.26. The number of fused-ring (bicyclic) bond motifs is 1. The first kappa shape index (κ1) is 12.2. The molecule has 0 amide bonds. The lowest BCUT2D eigenvalue weighted by atomic mass is 10.1. The Kier molecular flexibility index (Phi) is 3.20. The molecule has 2 aliphatic rings. The molecule has 0 spiro atoms. The van der Waals surface area contributed by atoms with Crippen LogP contribution in [0.1, 0.15) is 36.8 Å². The van der Waals surface area contributed by atoms with Crippen LogP contribution in [-0.4, -0.2) is 41.5 Å². The van der Waals surface area contributed by atoms with Gasteiger partial charge in [0.05, 0.1) is 6.54 Å². The molecule has 0 unspecified atom stereocenters. The van der Waals surface area contributed by atoms with E-state index in [-0.39, 0.29) is 0 Å². The van der Waals surface area contributed by atoms with Gasteiger partial charge in [0.25, 0.3) is 0 Å². The quantitative estimate of drug-likeness (QED) is 0.802. The fourth-order valence-electron chi connectivity index (χ4n) is 3.40. The molecule has 2 saturated heterocycles. The minimum Gasteiger partial charge on any atom is -0.465 e. The highest BCUT2D eigenvalue weighted by atomic mass is 16.3. The molecule has 3 heteroatoms. The Morgan fingerprint density at radius 1 is 1.33 bits per heavy atom. The summed E-state index contributed by atoms with van der Waals surface area (Å²) in [5.41, 5.74) is 1.28. The maximum absolute atomic E-state index is 5.82. The van der Waals surface area contributed by atoms with Crippen LogP contribution in [0.2, 0.25) is 0 Å². The molecule has 3 rings (SSSR count). The third-order valence-electron chi connectivity index (χ3n) is 4.64. The van der Waals surface area contributed by atoms with Gasteiger partial charge in [-0.2, -0.15) is 0 Å². The van der Waals surface area contributed by atoms with E-state index in [1.54, 1.807) is 0 Å². The number of aryl methyl sites for hydroxylation is 2. The van der Waals surface area contributed by atoms with Crippen molar-refractivity contribution in [1.82, 2.24) is 9.80 Å². The van der Waals surface area contributed by atoms with Gasteiger partial charge in [0, 0.05) is 25.2 Å². The van der Waals surface area contributed by atoms with Crippen LogP contribution in [0.25, 0.3) is 0 Å². The second kappa shape index (κ2) is 4.71. The third-order valence-corrected chi connectivity index (χ3v) is 4.64. The standard InChI is InChI=1S/C15H24N2O/c1-11-7-15(18-13(11)3)10-17-9-14-5-4-6-16(14)8-12(17)2/h7,12,14H,4-6,8-10H2,1-3H3/t12-,14+/m0/s1. The summed E-state index contributed by atoms with van der Waals surface area (Å²) in [5.74, 6) is 2.19. The van der Waals surface area contributed by atoms with E-state index in [2.05, 4.69) is 36.6 Å². The van der Waals surface area contributed by atoms with Gasteiger partial charge in [-0.05, 0) is 51.8 Å². The molecule has 2 fully saturated rings. The summed E-state index contributed by atoms with van der Waals surface area (Å²) in [6.45, 7) is 11.2. The first-order valence-corrected chi connectivity index (χ1v) is 7.17. The average molecular weight is 248 g/mol. The Labute approximate surface area is 110 Å². The van der Waals surface area contributed by atoms with Crippen LogP contribution in [-0.2, 0) is 6.54 Å². The van der Waals surface area contributed by atoms with Gasteiger partial charge in [-0.25, -0.2) is 0 Å². The molecule has 0 N–H and O–H groups in total. The van der Waals surface area contributed by atoms with Crippen LogP contribution >= 0.6 is 0 Å². The van der Waals surface area contributed by atoms with E-state index in [9.17, 15) is 0 Å². The summed E-state index contributed by atoms with van der Waals surface area (Å²) in [7, 11) is 0. The van der Waals surface area contributed by atoms with Crippen LogP contribution < -0.4 is 0 Å². The largest absolute Gasteiger partial charge is 0.465 e. The second-order valence-corrected chi connectivity index (χ2v) is 6.02. The summed E-state index contributed by atoms with van der Waals surface area (Å²) in [6, 6.07) is 3.63. The van der Waals surface area contributed by atoms with Crippen LogP contribution in [0, 0.1) is 13.8 Å². The van der Waals surface area contributed by atoms with Crippen molar-refractivity contribution in [3.63, 3.8) is 0 Å². The van der Waals surface area contributed by atoms with Crippen molar-refractivity contribution in [1.29, 1.82) is 0 Å². The first-order valence-electron chi connectivity index (χ1n) is 7.17. The van der Waals surface area contributed by atoms with E-state index in [0.717, 1.165) is 24.1 Å². The van der Waals surface area contributed by atoms with E-state index in [1.165, 1.54) is 38.0 Å². The van der Waals surface area contributed by atoms with Crippen LogP contribution in [0.3, 0.4) is 0 Å². The van der Waals surface area contributed by atoms with Crippen molar-refractivity contribution in [2.24, 2.45) is 0 Å². The van der Waals surface area contributed by atoms with Gasteiger partial charge in [-0.1, -0.05) is 0 Å². The van der Waals surface area contributed by atoms with Crippen LogP contribution in [0.15, 0.2) is 10.5 Å². The Balaban J connectivity index is 1.68. The lowest BCUT2D eigenvalue weighted by molar-refractivity contribution is 0.0492. The molecule has 0 saturated carbocycles. The zero-order valence-corrected chi connectivity index (χ0v) is 11.8. The van der Waals surface area contributed by atoms with E-state index < -0.39 is 0 Å². The highest BCUT2D eigenvalue weighted by molar-refractivity contribution is 5.18. The molecule has 1 aromatic heterocycles. The van der Waals surface area contributed by atoms with Crippen molar-refractivity contribution in [3.8, 4) is 0 Å². The van der Waals surface area contributed by atoms with Crippen molar-refractivity contribution in [3.05, 3.63) is 23.2 Å². The summed E-state index contributed by atoms with van der Waals surface area (Å²) < 4.78 is 5.82. The van der Waals surface area contributed by atoms with Crippen LogP contribution in [0.4, 0.5) is 0 Å². The minimum absolute atomic E-state index is 0.644. The highest BCUT2D eigenvalue weighted by Gasteiger charge is 2.34. The van der Waals surface area contributed by atoms with Gasteiger partial charge in [0.1, 0.15) is 11.5 Å². The lowest BCUT2D eigenvalue weighted by Gasteiger charge is -2.41. The number of nitrogens with zero attached hydrogens (tertiary/aromatic N) is 2. The molecular formula is C15H24N2O. The van der Waals surface area contributed by atoms with Crippen molar-refractivity contribution < 1.29 is 4.42 Å². The van der Waals surface area contributed by atoms with E-state index in [4.69, 9.17) is 4.42 Å². The fraction of sp³-hybridized carbons (Fsp3) is 0.733. The number of furan rings is 1. The topological polar surface area (TPSA) is 19.6 Å². The Hall–Kier alpha value is -0.800. The molecule has 0 aromatic carbocycles. The SMILES string of the molecule is Cc1cc(CN2C[C@H]3CCCN3C[C@@H]2C)oc1C. The molecule has 18 heavy (non-hydrogen) atoms. The molecule has 0 radical (unpaired) electrons. The zero-order valence-electron chi connectivity index (χ0n) is 11.8. The van der Waals surface area contributed by atoms with Gasteiger partial charge in [-0.15, -0.1) is 0 Å². The van der Waals surface area contributed by atoms with E-state index in [1.807, 2.05) is 0 Å². The number of rotatable bonds is 2. The zero-order chi connectivity index (χ0) is 12.7. The van der Waals surface area contributed by atoms with Gasteiger partial charge in [0.2, 0.25) is 0 Å². The number of hydrogen-bond acceptors (Lipinski definition) is 3. The van der Waals surface area contributed by atoms with Crippen molar-refractivity contribution in [2.45, 2.75) is 52.2 Å². The molecule has 2 atom stereocenters. The molecule has 0 aliphatic carbocycles. The predicted octanol–water partition coefficient (Wildman–Crippen LogP) is 2.56. The Morgan fingerprint density at radius 2 is 2.17 bits per heavy atom. The predicted molar refractivity (Wildman–Crippen MR) is 72.6 cm³/mol. The maximum Gasteiger partial charge on any atom is 0.118 e. The Bertz CT molecular complexity index is 407. The van der Waals surface area contributed by atoms with Gasteiger partial charge in [-0.3, -0.25) is 9.80 Å². The second-order valence-electron chi connectivity index (χ2n) is 6.02. The summed E-state index contributed by atoms with van der Waals surface area (Å²) >= 11 is 0. The molecular weight excluding hydrogens is 224 g/mol. The lowest BCUT2D eigenvalue weighted by Crippen LogP contribution is -2.54.